The van der Waals surface area contributed by atoms with Crippen LogP contribution in [0.2, 0.25) is 0 Å². The molecule has 1 rings (SSSR count). The van der Waals surface area contributed by atoms with Crippen molar-refractivity contribution in [3.8, 4) is 0 Å². The molecule has 0 aliphatic heterocycles. The zero-order chi connectivity index (χ0) is 13.4. The zero-order valence-electron chi connectivity index (χ0n) is 10.6. The Bertz CT molecular complexity index is 367. The van der Waals surface area contributed by atoms with E-state index in [-0.39, 0.29) is 24.4 Å². The highest BCUT2D eigenvalue weighted by molar-refractivity contribution is 5.77. The molecule has 1 aromatic carbocycles. The summed E-state index contributed by atoms with van der Waals surface area (Å²) in [7, 11) is 1.57. The number of carbonyl (C=O) groups excluding carboxylic acids is 1. The molecular formula is C13H18FNO3. The summed E-state index contributed by atoms with van der Waals surface area (Å²) in [4.78, 5) is 11.5. The van der Waals surface area contributed by atoms with Crippen molar-refractivity contribution in [2.45, 2.75) is 13.0 Å². The zero-order valence-corrected chi connectivity index (χ0v) is 10.6. The molecule has 0 unspecified atom stereocenters. The molecule has 4 nitrogen and oxygen atoms in total. The highest BCUT2D eigenvalue weighted by atomic mass is 19.1. The second-order valence-electron chi connectivity index (χ2n) is 3.89. The van der Waals surface area contributed by atoms with E-state index in [1.807, 2.05) is 6.92 Å². The SMILES string of the molecule is COCCOCC(=O)N[C@H](C)c1ccc(F)cc1. The summed E-state index contributed by atoms with van der Waals surface area (Å²) >= 11 is 0. The minimum Gasteiger partial charge on any atom is -0.382 e. The van der Waals surface area contributed by atoms with E-state index in [1.54, 1.807) is 19.2 Å². The molecule has 0 aliphatic rings. The number of hydrogen-bond donors (Lipinski definition) is 1. The van der Waals surface area contributed by atoms with Crippen LogP contribution in [0.4, 0.5) is 4.39 Å². The molecule has 18 heavy (non-hydrogen) atoms. The third-order valence-corrected chi connectivity index (χ3v) is 2.41. The molecule has 100 valence electrons. The van der Waals surface area contributed by atoms with Gasteiger partial charge in [-0.25, -0.2) is 4.39 Å². The van der Waals surface area contributed by atoms with E-state index < -0.39 is 0 Å². The van der Waals surface area contributed by atoms with Crippen LogP contribution in [0.15, 0.2) is 24.3 Å². The number of halogens is 1. The van der Waals surface area contributed by atoms with Crippen molar-refractivity contribution in [1.29, 1.82) is 0 Å². The number of rotatable bonds is 7. The van der Waals surface area contributed by atoms with Gasteiger partial charge in [0.25, 0.3) is 0 Å². The van der Waals surface area contributed by atoms with E-state index >= 15 is 0 Å². The Morgan fingerprint density at radius 2 is 2.00 bits per heavy atom. The maximum atomic E-state index is 12.7. The van der Waals surface area contributed by atoms with E-state index in [2.05, 4.69) is 5.32 Å². The summed E-state index contributed by atoms with van der Waals surface area (Å²) in [5.74, 6) is -0.497. The fourth-order valence-corrected chi connectivity index (χ4v) is 1.43. The van der Waals surface area contributed by atoms with Gasteiger partial charge in [-0.1, -0.05) is 12.1 Å². The van der Waals surface area contributed by atoms with E-state index in [1.165, 1.54) is 12.1 Å². The normalized spacial score (nSPS) is 12.2. The van der Waals surface area contributed by atoms with Crippen molar-refractivity contribution in [3.05, 3.63) is 35.6 Å². The molecule has 0 aliphatic carbocycles. The van der Waals surface area contributed by atoms with Crippen molar-refractivity contribution >= 4 is 5.91 Å². The monoisotopic (exact) mass is 255 g/mol. The Labute approximate surface area is 106 Å². The predicted octanol–water partition coefficient (Wildman–Crippen LogP) is 1.67. The third kappa shape index (κ3) is 5.25. The summed E-state index contributed by atoms with van der Waals surface area (Å²) in [5, 5.41) is 2.77. The number of hydrogen-bond acceptors (Lipinski definition) is 3. The second kappa shape index (κ2) is 7.79. The lowest BCUT2D eigenvalue weighted by Gasteiger charge is -2.14. The van der Waals surface area contributed by atoms with Gasteiger partial charge >= 0.3 is 0 Å². The van der Waals surface area contributed by atoms with Gasteiger partial charge in [-0.3, -0.25) is 4.79 Å². The van der Waals surface area contributed by atoms with Gasteiger partial charge in [0.1, 0.15) is 12.4 Å². The Hall–Kier alpha value is -1.46. The molecule has 0 spiro atoms. The summed E-state index contributed by atoms with van der Waals surface area (Å²) in [5.41, 5.74) is 0.849. The smallest absolute Gasteiger partial charge is 0.246 e. The van der Waals surface area contributed by atoms with Gasteiger partial charge < -0.3 is 14.8 Å². The van der Waals surface area contributed by atoms with Crippen LogP contribution in [0, 0.1) is 5.82 Å². The van der Waals surface area contributed by atoms with Crippen molar-refractivity contribution in [2.75, 3.05) is 26.9 Å². The lowest BCUT2D eigenvalue weighted by Crippen LogP contribution is -2.30. The van der Waals surface area contributed by atoms with Gasteiger partial charge in [-0.05, 0) is 24.6 Å². The number of carbonyl (C=O) groups is 1. The van der Waals surface area contributed by atoms with E-state index in [0.29, 0.717) is 13.2 Å². The van der Waals surface area contributed by atoms with Gasteiger partial charge in [0, 0.05) is 7.11 Å². The van der Waals surface area contributed by atoms with Crippen molar-refractivity contribution in [1.82, 2.24) is 5.32 Å². The molecular weight excluding hydrogens is 237 g/mol. The van der Waals surface area contributed by atoms with Crippen LogP contribution in [-0.2, 0) is 14.3 Å². The highest BCUT2D eigenvalue weighted by Gasteiger charge is 2.09. The molecule has 1 atom stereocenters. The average Bonchev–Trinajstić information content (AvgIpc) is 2.35. The van der Waals surface area contributed by atoms with Crippen molar-refractivity contribution in [2.24, 2.45) is 0 Å². The molecule has 1 aromatic rings. The minimum atomic E-state index is -0.292. The third-order valence-electron chi connectivity index (χ3n) is 2.41. The predicted molar refractivity (Wildman–Crippen MR) is 65.7 cm³/mol. The lowest BCUT2D eigenvalue weighted by molar-refractivity contribution is -0.126. The molecule has 0 radical (unpaired) electrons. The summed E-state index contributed by atoms with van der Waals surface area (Å²) in [6.07, 6.45) is 0. The van der Waals surface area contributed by atoms with Crippen molar-refractivity contribution < 1.29 is 18.7 Å². The fourth-order valence-electron chi connectivity index (χ4n) is 1.43. The lowest BCUT2D eigenvalue weighted by atomic mass is 10.1. The standard InChI is InChI=1S/C13H18FNO3/c1-10(11-3-5-12(14)6-4-11)15-13(16)9-18-8-7-17-2/h3-6,10H,7-9H2,1-2H3,(H,15,16)/t10-/m1/s1. The van der Waals surface area contributed by atoms with Crippen LogP contribution in [-0.4, -0.2) is 32.8 Å². The molecule has 1 N–H and O–H groups in total. The number of amides is 1. The highest BCUT2D eigenvalue weighted by Crippen LogP contribution is 2.12. The Morgan fingerprint density at radius 3 is 2.61 bits per heavy atom. The van der Waals surface area contributed by atoms with Crippen LogP contribution < -0.4 is 5.32 Å². The summed E-state index contributed by atoms with van der Waals surface area (Å²) in [6.45, 7) is 2.67. The number of methoxy groups -OCH3 is 1. The Morgan fingerprint density at radius 1 is 1.33 bits per heavy atom. The molecule has 0 heterocycles. The van der Waals surface area contributed by atoms with Gasteiger partial charge in [0.05, 0.1) is 19.3 Å². The maximum Gasteiger partial charge on any atom is 0.246 e. The number of benzene rings is 1. The van der Waals surface area contributed by atoms with E-state index in [0.717, 1.165) is 5.56 Å². The van der Waals surface area contributed by atoms with E-state index in [4.69, 9.17) is 9.47 Å². The van der Waals surface area contributed by atoms with Gasteiger partial charge in [-0.2, -0.15) is 0 Å². The van der Waals surface area contributed by atoms with E-state index in [9.17, 15) is 9.18 Å². The second-order valence-corrected chi connectivity index (χ2v) is 3.89. The van der Waals surface area contributed by atoms with Crippen LogP contribution in [0.3, 0.4) is 0 Å². The minimum absolute atomic E-state index is 0.00506. The molecule has 1 amide bonds. The number of ether oxygens (including phenoxy) is 2. The first-order valence-corrected chi connectivity index (χ1v) is 5.75. The van der Waals surface area contributed by atoms with Crippen LogP contribution in [0.1, 0.15) is 18.5 Å². The van der Waals surface area contributed by atoms with Gasteiger partial charge in [0.2, 0.25) is 5.91 Å². The average molecular weight is 255 g/mol. The molecule has 0 saturated carbocycles. The van der Waals surface area contributed by atoms with Crippen molar-refractivity contribution in [3.63, 3.8) is 0 Å². The van der Waals surface area contributed by atoms with Crippen LogP contribution in [0.25, 0.3) is 0 Å². The van der Waals surface area contributed by atoms with Crippen LogP contribution in [0.5, 0.6) is 0 Å². The molecule has 5 heteroatoms. The first kappa shape index (κ1) is 14.6. The first-order chi connectivity index (χ1) is 8.63. The quantitative estimate of drug-likeness (QED) is 0.754. The Kier molecular flexibility index (Phi) is 6.32. The summed E-state index contributed by atoms with van der Waals surface area (Å²) < 4.78 is 22.6. The maximum absolute atomic E-state index is 12.7. The topological polar surface area (TPSA) is 47.6 Å². The summed E-state index contributed by atoms with van der Waals surface area (Å²) in [6, 6.07) is 5.85. The molecule has 0 fully saturated rings. The van der Waals surface area contributed by atoms with Gasteiger partial charge in [-0.15, -0.1) is 0 Å². The molecule has 0 aromatic heterocycles. The fraction of sp³-hybridized carbons (Fsp3) is 0.462. The first-order valence-electron chi connectivity index (χ1n) is 5.75. The molecule has 0 bridgehead atoms. The van der Waals surface area contributed by atoms with Gasteiger partial charge in [0.15, 0.2) is 0 Å². The molecule has 0 saturated heterocycles. The van der Waals surface area contributed by atoms with Crippen LogP contribution >= 0.6 is 0 Å². The number of nitrogens with one attached hydrogen (secondary N) is 1. The Balaban J connectivity index is 2.33. The largest absolute Gasteiger partial charge is 0.382 e.